The van der Waals surface area contributed by atoms with Crippen molar-refractivity contribution >= 4 is 11.6 Å². The van der Waals surface area contributed by atoms with E-state index in [1.54, 1.807) is 6.07 Å². The van der Waals surface area contributed by atoms with Crippen LogP contribution in [-0.4, -0.2) is 11.6 Å². The molecule has 0 heterocycles. The topological polar surface area (TPSA) is 88.5 Å². The zero-order valence-corrected chi connectivity index (χ0v) is 12.1. The van der Waals surface area contributed by atoms with Crippen molar-refractivity contribution in [2.45, 2.75) is 13.5 Å². The maximum atomic E-state index is 10.9. The number of carbonyl (C=O) groups is 1. The lowest BCUT2D eigenvalue weighted by molar-refractivity contribution is -0.112. The molecule has 110 valence electrons. The fraction of sp³-hybridized carbons (Fsp3) is 0.118. The van der Waals surface area contributed by atoms with Crippen LogP contribution < -0.4 is 5.73 Å². The molecule has 0 atom stereocenters. The molecule has 0 fully saturated rings. The molecule has 0 aromatic heterocycles. The van der Waals surface area contributed by atoms with Crippen molar-refractivity contribution in [1.29, 1.82) is 5.26 Å². The van der Waals surface area contributed by atoms with E-state index < -0.39 is 11.6 Å². The van der Waals surface area contributed by atoms with Crippen LogP contribution in [0, 0.1) is 18.3 Å². The van der Waals surface area contributed by atoms with E-state index in [4.69, 9.17) is 15.8 Å². The molecule has 0 radical (unpaired) electrons. The lowest BCUT2D eigenvalue weighted by Gasteiger charge is -2.10. The third kappa shape index (κ3) is 3.49. The summed E-state index contributed by atoms with van der Waals surface area (Å²) in [6, 6.07) is 17.5. The van der Waals surface area contributed by atoms with Gasteiger partial charge in [-0.05, 0) is 29.2 Å². The molecule has 22 heavy (non-hydrogen) atoms. The molecule has 0 saturated carbocycles. The van der Waals surface area contributed by atoms with Crippen LogP contribution in [0.3, 0.4) is 0 Å². The second kappa shape index (κ2) is 7.04. The van der Waals surface area contributed by atoms with Crippen LogP contribution in [0.5, 0.6) is 0 Å². The van der Waals surface area contributed by atoms with E-state index in [0.717, 1.165) is 22.3 Å². The van der Waals surface area contributed by atoms with Crippen LogP contribution >= 0.6 is 0 Å². The normalized spacial score (nSPS) is 10.8. The van der Waals surface area contributed by atoms with E-state index in [1.807, 2.05) is 55.5 Å². The van der Waals surface area contributed by atoms with Gasteiger partial charge in [-0.15, -0.1) is 0 Å². The smallest absolute Gasteiger partial charge is 0.281 e. The molecule has 0 aliphatic rings. The second-order valence-corrected chi connectivity index (χ2v) is 4.65. The number of hydrogen-bond donors (Lipinski definition) is 1. The van der Waals surface area contributed by atoms with E-state index in [0.29, 0.717) is 0 Å². The molecule has 5 heteroatoms. The first-order chi connectivity index (χ1) is 10.6. The van der Waals surface area contributed by atoms with Crippen LogP contribution in [0.1, 0.15) is 11.1 Å². The number of nitriles is 1. The predicted molar refractivity (Wildman–Crippen MR) is 83.6 cm³/mol. The Bertz CT molecular complexity index is 746. The Balaban J connectivity index is 2.20. The molecule has 1 amide bonds. The predicted octanol–water partition coefficient (Wildman–Crippen LogP) is 2.54. The van der Waals surface area contributed by atoms with Gasteiger partial charge in [0.15, 0.2) is 0 Å². The summed E-state index contributed by atoms with van der Waals surface area (Å²) >= 11 is 0. The maximum absolute atomic E-state index is 10.9. The summed E-state index contributed by atoms with van der Waals surface area (Å²) in [6.45, 7) is 2.15. The van der Waals surface area contributed by atoms with Crippen molar-refractivity contribution in [3.63, 3.8) is 0 Å². The summed E-state index contributed by atoms with van der Waals surface area (Å²) in [4.78, 5) is 15.9. The van der Waals surface area contributed by atoms with Gasteiger partial charge in [0.1, 0.15) is 12.7 Å². The number of carbonyl (C=O) groups excluding carboxylic acids is 1. The average Bonchev–Trinajstić information content (AvgIpc) is 2.53. The van der Waals surface area contributed by atoms with Crippen LogP contribution in [0.4, 0.5) is 0 Å². The fourth-order valence-electron chi connectivity index (χ4n) is 2.06. The molecule has 0 spiro atoms. The summed E-state index contributed by atoms with van der Waals surface area (Å²) in [6.07, 6.45) is 0. The van der Waals surface area contributed by atoms with Crippen molar-refractivity contribution < 1.29 is 9.63 Å². The Morgan fingerprint density at radius 3 is 2.59 bits per heavy atom. The van der Waals surface area contributed by atoms with Gasteiger partial charge in [0, 0.05) is 0 Å². The summed E-state index contributed by atoms with van der Waals surface area (Å²) in [5.41, 5.74) is 8.73. The van der Waals surface area contributed by atoms with Crippen molar-refractivity contribution in [2.24, 2.45) is 10.9 Å². The van der Waals surface area contributed by atoms with Gasteiger partial charge in [-0.1, -0.05) is 53.7 Å². The highest BCUT2D eigenvalue weighted by molar-refractivity contribution is 6.44. The number of nitrogens with zero attached hydrogens (tertiary/aromatic N) is 2. The van der Waals surface area contributed by atoms with E-state index in [2.05, 4.69) is 5.16 Å². The molecule has 2 aromatic carbocycles. The van der Waals surface area contributed by atoms with Crippen molar-refractivity contribution in [2.75, 3.05) is 0 Å². The van der Waals surface area contributed by atoms with Gasteiger partial charge in [0.2, 0.25) is 5.71 Å². The monoisotopic (exact) mass is 293 g/mol. The standard InChI is InChI=1S/C17H15N3O2/c1-12-14(11-22-20-16(10-18)17(19)21)8-5-9-15(12)13-6-3-2-4-7-13/h2-9H,11H2,1H3,(H2,19,21). The van der Waals surface area contributed by atoms with Crippen molar-refractivity contribution in [3.05, 3.63) is 59.7 Å². The SMILES string of the molecule is Cc1c(CON=C(C#N)C(N)=O)cccc1-c1ccccc1. The molecule has 0 aliphatic carbocycles. The molecule has 2 rings (SSSR count). The molecule has 2 N–H and O–H groups in total. The van der Waals surface area contributed by atoms with Gasteiger partial charge < -0.3 is 10.6 Å². The molecule has 2 aromatic rings. The van der Waals surface area contributed by atoms with Gasteiger partial charge in [0.25, 0.3) is 5.91 Å². The third-order valence-corrected chi connectivity index (χ3v) is 3.25. The highest BCUT2D eigenvalue weighted by Gasteiger charge is 2.08. The van der Waals surface area contributed by atoms with Crippen LogP contribution in [0.15, 0.2) is 53.7 Å². The van der Waals surface area contributed by atoms with Gasteiger partial charge >= 0.3 is 0 Å². The Kier molecular flexibility index (Phi) is 4.89. The van der Waals surface area contributed by atoms with Crippen molar-refractivity contribution in [1.82, 2.24) is 0 Å². The second-order valence-electron chi connectivity index (χ2n) is 4.65. The molecular formula is C17H15N3O2. The van der Waals surface area contributed by atoms with Gasteiger partial charge in [-0.2, -0.15) is 5.26 Å². The van der Waals surface area contributed by atoms with Gasteiger partial charge in [-0.3, -0.25) is 4.79 Å². The van der Waals surface area contributed by atoms with Crippen LogP contribution in [0.2, 0.25) is 0 Å². The Morgan fingerprint density at radius 1 is 1.23 bits per heavy atom. The lowest BCUT2D eigenvalue weighted by atomic mass is 9.97. The van der Waals surface area contributed by atoms with Crippen LogP contribution in [0.25, 0.3) is 11.1 Å². The number of nitrogens with two attached hydrogens (primary N) is 1. The minimum Gasteiger partial charge on any atom is -0.390 e. The van der Waals surface area contributed by atoms with Gasteiger partial charge in [-0.25, -0.2) is 0 Å². The summed E-state index contributed by atoms with van der Waals surface area (Å²) in [5, 5.41) is 12.1. The van der Waals surface area contributed by atoms with E-state index in [1.165, 1.54) is 0 Å². The highest BCUT2D eigenvalue weighted by Crippen LogP contribution is 2.25. The Morgan fingerprint density at radius 2 is 1.95 bits per heavy atom. The maximum Gasteiger partial charge on any atom is 0.281 e. The fourth-order valence-corrected chi connectivity index (χ4v) is 2.06. The number of oxime groups is 1. The first-order valence-electron chi connectivity index (χ1n) is 6.67. The first-order valence-corrected chi connectivity index (χ1v) is 6.67. The Hall–Kier alpha value is -3.13. The number of benzene rings is 2. The largest absolute Gasteiger partial charge is 0.390 e. The zero-order chi connectivity index (χ0) is 15.9. The van der Waals surface area contributed by atoms with Crippen LogP contribution in [-0.2, 0) is 16.2 Å². The Labute approximate surface area is 128 Å². The molecule has 0 saturated heterocycles. The number of hydrogen-bond acceptors (Lipinski definition) is 4. The summed E-state index contributed by atoms with van der Waals surface area (Å²) < 4.78 is 0. The van der Waals surface area contributed by atoms with Gasteiger partial charge in [0.05, 0.1) is 0 Å². The van der Waals surface area contributed by atoms with E-state index in [9.17, 15) is 4.79 Å². The molecular weight excluding hydrogens is 278 g/mol. The minimum atomic E-state index is -0.905. The van der Waals surface area contributed by atoms with E-state index in [-0.39, 0.29) is 6.61 Å². The number of rotatable bonds is 5. The van der Waals surface area contributed by atoms with E-state index >= 15 is 0 Å². The first kappa shape index (κ1) is 15.3. The third-order valence-electron chi connectivity index (χ3n) is 3.25. The lowest BCUT2D eigenvalue weighted by Crippen LogP contribution is -2.21. The molecule has 0 aliphatic heterocycles. The quantitative estimate of drug-likeness (QED) is 0.678. The zero-order valence-electron chi connectivity index (χ0n) is 12.1. The molecule has 0 unspecified atom stereocenters. The summed E-state index contributed by atoms with van der Waals surface area (Å²) in [5.74, 6) is -0.905. The number of primary amides is 1. The highest BCUT2D eigenvalue weighted by atomic mass is 16.6. The average molecular weight is 293 g/mol. The summed E-state index contributed by atoms with van der Waals surface area (Å²) in [7, 11) is 0. The molecule has 5 nitrogen and oxygen atoms in total. The molecule has 0 bridgehead atoms. The number of amides is 1. The minimum absolute atomic E-state index is 0.158. The van der Waals surface area contributed by atoms with Crippen molar-refractivity contribution in [3.8, 4) is 17.2 Å².